The van der Waals surface area contributed by atoms with Gasteiger partial charge in [-0.15, -0.1) is 11.3 Å². The van der Waals surface area contributed by atoms with Crippen LogP contribution in [0.15, 0.2) is 29.3 Å². The number of anilines is 1. The van der Waals surface area contributed by atoms with Gasteiger partial charge in [0.25, 0.3) is 5.69 Å². The molecule has 21 heavy (non-hydrogen) atoms. The largest absolute Gasteiger partial charge is 0.399 e. The van der Waals surface area contributed by atoms with Crippen LogP contribution in [0.3, 0.4) is 0 Å². The van der Waals surface area contributed by atoms with Crippen molar-refractivity contribution in [3.8, 4) is 0 Å². The fourth-order valence-corrected chi connectivity index (χ4v) is 3.58. The van der Waals surface area contributed by atoms with Crippen molar-refractivity contribution in [1.29, 1.82) is 0 Å². The predicted molar refractivity (Wildman–Crippen MR) is 78.4 cm³/mol. The van der Waals surface area contributed by atoms with Gasteiger partial charge < -0.3 is 5.73 Å². The molecule has 1 aromatic heterocycles. The van der Waals surface area contributed by atoms with Gasteiger partial charge >= 0.3 is 0 Å². The van der Waals surface area contributed by atoms with Gasteiger partial charge in [0.2, 0.25) is 10.0 Å². The molecule has 2 rings (SSSR count). The highest BCUT2D eigenvalue weighted by Crippen LogP contribution is 2.26. The highest BCUT2D eigenvalue weighted by Gasteiger charge is 2.25. The van der Waals surface area contributed by atoms with E-state index in [1.807, 2.05) is 6.92 Å². The molecule has 8 nitrogen and oxygen atoms in total. The summed E-state index contributed by atoms with van der Waals surface area (Å²) in [5.41, 5.74) is 5.01. The average Bonchev–Trinajstić information content (AvgIpc) is 2.82. The molecule has 0 spiro atoms. The van der Waals surface area contributed by atoms with E-state index in [2.05, 4.69) is 9.71 Å². The molecule has 0 atom stereocenters. The molecule has 0 unspecified atom stereocenters. The van der Waals surface area contributed by atoms with E-state index in [1.165, 1.54) is 17.4 Å². The molecule has 0 amide bonds. The maximum atomic E-state index is 12.2. The van der Waals surface area contributed by atoms with Crippen LogP contribution in [0.1, 0.15) is 9.88 Å². The molecular formula is C11H12N4O4S2. The normalized spacial score (nSPS) is 11.5. The first kappa shape index (κ1) is 15.4. The van der Waals surface area contributed by atoms with E-state index >= 15 is 0 Å². The molecule has 0 saturated carbocycles. The van der Waals surface area contributed by atoms with Gasteiger partial charge in [0.1, 0.15) is 5.01 Å². The number of sulfonamides is 1. The number of nitrogen functional groups attached to an aromatic ring is 1. The second-order valence-corrected chi connectivity index (χ2v) is 7.23. The van der Waals surface area contributed by atoms with E-state index in [0.29, 0.717) is 5.01 Å². The lowest BCUT2D eigenvalue weighted by molar-refractivity contribution is -0.387. The molecule has 0 bridgehead atoms. The zero-order chi connectivity index (χ0) is 15.6. The summed E-state index contributed by atoms with van der Waals surface area (Å²) < 4.78 is 26.6. The van der Waals surface area contributed by atoms with E-state index in [-0.39, 0.29) is 12.2 Å². The summed E-state index contributed by atoms with van der Waals surface area (Å²) in [7, 11) is -4.02. The number of rotatable bonds is 5. The molecule has 0 aliphatic rings. The van der Waals surface area contributed by atoms with Gasteiger partial charge in [0.05, 0.1) is 11.5 Å². The van der Waals surface area contributed by atoms with Gasteiger partial charge in [-0.3, -0.25) is 10.1 Å². The Hall–Kier alpha value is -2.04. The summed E-state index contributed by atoms with van der Waals surface area (Å²) in [6, 6.07) is 3.43. The first-order valence-electron chi connectivity index (χ1n) is 5.74. The minimum Gasteiger partial charge on any atom is -0.399 e. The lowest BCUT2D eigenvalue weighted by atomic mass is 10.3. The van der Waals surface area contributed by atoms with Crippen molar-refractivity contribution < 1.29 is 13.3 Å². The van der Waals surface area contributed by atoms with Crippen LogP contribution in [0.4, 0.5) is 11.4 Å². The van der Waals surface area contributed by atoms with Crippen molar-refractivity contribution in [1.82, 2.24) is 9.71 Å². The molecule has 112 valence electrons. The van der Waals surface area contributed by atoms with Crippen LogP contribution >= 0.6 is 11.3 Å². The van der Waals surface area contributed by atoms with Gasteiger partial charge in [-0.25, -0.2) is 18.1 Å². The summed E-state index contributed by atoms with van der Waals surface area (Å²) in [5.74, 6) is 0. The van der Waals surface area contributed by atoms with Crippen LogP contribution in [0.25, 0.3) is 0 Å². The molecule has 0 aliphatic heterocycles. The van der Waals surface area contributed by atoms with E-state index in [1.54, 1.807) is 6.20 Å². The summed E-state index contributed by atoms with van der Waals surface area (Å²) in [4.78, 5) is 14.7. The van der Waals surface area contributed by atoms with E-state index in [0.717, 1.165) is 17.0 Å². The van der Waals surface area contributed by atoms with E-state index in [4.69, 9.17) is 5.73 Å². The Bertz CT molecular complexity index is 785. The number of hydrogen-bond donors (Lipinski definition) is 2. The molecule has 0 saturated heterocycles. The van der Waals surface area contributed by atoms with Gasteiger partial charge in [-0.1, -0.05) is 0 Å². The number of nitrogens with one attached hydrogen (secondary N) is 1. The smallest absolute Gasteiger partial charge is 0.291 e. The molecule has 0 radical (unpaired) electrons. The predicted octanol–water partition coefficient (Wildman–Crippen LogP) is 1.42. The average molecular weight is 328 g/mol. The van der Waals surface area contributed by atoms with Crippen molar-refractivity contribution >= 4 is 32.7 Å². The molecule has 10 heteroatoms. The van der Waals surface area contributed by atoms with Gasteiger partial charge in [0, 0.05) is 22.8 Å². The van der Waals surface area contributed by atoms with E-state index in [9.17, 15) is 18.5 Å². The Morgan fingerprint density at radius 1 is 1.48 bits per heavy atom. The van der Waals surface area contributed by atoms with Crippen molar-refractivity contribution in [2.75, 3.05) is 5.73 Å². The monoisotopic (exact) mass is 328 g/mol. The minimum atomic E-state index is -4.02. The second-order valence-electron chi connectivity index (χ2n) is 4.17. The number of nitro groups is 1. The Morgan fingerprint density at radius 2 is 2.19 bits per heavy atom. The molecule has 0 fully saturated rings. The molecule has 2 aromatic rings. The van der Waals surface area contributed by atoms with Crippen molar-refractivity contribution in [3.63, 3.8) is 0 Å². The fraction of sp³-hybridized carbons (Fsp3) is 0.182. The number of nitro benzene ring substituents is 1. The molecule has 3 N–H and O–H groups in total. The third kappa shape index (κ3) is 3.54. The summed E-state index contributed by atoms with van der Waals surface area (Å²) >= 11 is 1.34. The zero-order valence-corrected chi connectivity index (χ0v) is 12.6. The maximum Gasteiger partial charge on any atom is 0.291 e. The van der Waals surface area contributed by atoms with Crippen LogP contribution in [-0.4, -0.2) is 18.3 Å². The van der Waals surface area contributed by atoms with Crippen molar-refractivity contribution in [3.05, 3.63) is 44.4 Å². The number of aryl methyl sites for hydroxylation is 1. The first-order chi connectivity index (χ1) is 9.79. The van der Waals surface area contributed by atoms with Crippen LogP contribution in [0.2, 0.25) is 0 Å². The molecule has 1 heterocycles. The van der Waals surface area contributed by atoms with Crippen molar-refractivity contribution in [2.45, 2.75) is 18.4 Å². The molecule has 1 aromatic carbocycles. The van der Waals surface area contributed by atoms with Crippen LogP contribution < -0.4 is 10.5 Å². The van der Waals surface area contributed by atoms with Crippen LogP contribution in [0, 0.1) is 17.0 Å². The standard InChI is InChI=1S/C11H12N4O4S2/c1-7-5-13-11(20-7)6-14-21(18,19)10-3-2-8(12)4-9(10)15(16)17/h2-5,14H,6,12H2,1H3. The summed E-state index contributed by atoms with van der Waals surface area (Å²) in [6.45, 7) is 1.82. The molecular weight excluding hydrogens is 316 g/mol. The highest BCUT2D eigenvalue weighted by molar-refractivity contribution is 7.89. The zero-order valence-electron chi connectivity index (χ0n) is 10.9. The van der Waals surface area contributed by atoms with Crippen LogP contribution in [-0.2, 0) is 16.6 Å². The number of hydrogen-bond acceptors (Lipinski definition) is 7. The number of thiazole rings is 1. The third-order valence-electron chi connectivity index (χ3n) is 2.55. The number of nitrogens with two attached hydrogens (primary N) is 1. The number of benzene rings is 1. The highest BCUT2D eigenvalue weighted by atomic mass is 32.2. The van der Waals surface area contributed by atoms with Crippen molar-refractivity contribution in [2.24, 2.45) is 0 Å². The Balaban J connectivity index is 2.29. The van der Waals surface area contributed by atoms with Crippen LogP contribution in [0.5, 0.6) is 0 Å². The minimum absolute atomic E-state index is 0.0254. The SMILES string of the molecule is Cc1cnc(CNS(=O)(=O)c2ccc(N)cc2[N+](=O)[O-])s1. The molecule has 0 aliphatic carbocycles. The topological polar surface area (TPSA) is 128 Å². The second kappa shape index (κ2) is 5.76. The van der Waals surface area contributed by atoms with Gasteiger partial charge in [-0.2, -0.15) is 0 Å². The third-order valence-corrected chi connectivity index (χ3v) is 4.91. The number of nitrogens with zero attached hydrogens (tertiary/aromatic N) is 2. The summed E-state index contributed by atoms with van der Waals surface area (Å²) in [5, 5.41) is 11.5. The first-order valence-corrected chi connectivity index (χ1v) is 8.04. The Morgan fingerprint density at radius 3 is 2.76 bits per heavy atom. The maximum absolute atomic E-state index is 12.2. The lowest BCUT2D eigenvalue weighted by Gasteiger charge is -2.06. The summed E-state index contributed by atoms with van der Waals surface area (Å²) in [6.07, 6.45) is 1.62. The van der Waals surface area contributed by atoms with E-state index < -0.39 is 25.5 Å². The quantitative estimate of drug-likeness (QED) is 0.485. The Labute approximate surface area is 124 Å². The van der Waals surface area contributed by atoms with Gasteiger partial charge in [0.15, 0.2) is 4.90 Å². The number of aromatic nitrogens is 1. The Kier molecular flexibility index (Phi) is 4.21. The lowest BCUT2D eigenvalue weighted by Crippen LogP contribution is -2.24. The fourth-order valence-electron chi connectivity index (χ4n) is 1.62. The van der Waals surface area contributed by atoms with Gasteiger partial charge in [-0.05, 0) is 19.1 Å².